The zero-order chi connectivity index (χ0) is 11.0. The molecular formula is C10H22N2O2. The number of rotatable bonds is 7. The van der Waals surface area contributed by atoms with Crippen molar-refractivity contribution in [3.63, 3.8) is 0 Å². The highest BCUT2D eigenvalue weighted by Gasteiger charge is 2.08. The van der Waals surface area contributed by atoms with Crippen molar-refractivity contribution in [1.29, 1.82) is 0 Å². The molecule has 0 bridgehead atoms. The minimum absolute atomic E-state index is 0.154. The molecule has 0 aliphatic heterocycles. The third-order valence-corrected chi connectivity index (χ3v) is 2.13. The third-order valence-electron chi connectivity index (χ3n) is 2.13. The molecule has 0 saturated heterocycles. The predicted molar refractivity (Wildman–Crippen MR) is 57.1 cm³/mol. The monoisotopic (exact) mass is 202 g/mol. The van der Waals surface area contributed by atoms with Gasteiger partial charge in [-0.25, -0.2) is 0 Å². The molecule has 0 aliphatic rings. The van der Waals surface area contributed by atoms with E-state index in [0.29, 0.717) is 19.4 Å². The van der Waals surface area contributed by atoms with Gasteiger partial charge in [-0.3, -0.25) is 4.79 Å². The summed E-state index contributed by atoms with van der Waals surface area (Å²) in [5.41, 5.74) is 0. The number of nitrogens with zero attached hydrogens (tertiary/aromatic N) is 1. The number of aliphatic hydroxyl groups is 1. The van der Waals surface area contributed by atoms with Gasteiger partial charge in [0.15, 0.2) is 0 Å². The Kier molecular flexibility index (Phi) is 7.42. The second kappa shape index (κ2) is 7.76. The largest absolute Gasteiger partial charge is 0.393 e. The van der Waals surface area contributed by atoms with Gasteiger partial charge in [0.1, 0.15) is 0 Å². The minimum Gasteiger partial charge on any atom is -0.393 e. The summed E-state index contributed by atoms with van der Waals surface area (Å²) < 4.78 is 0. The average molecular weight is 202 g/mol. The first-order valence-electron chi connectivity index (χ1n) is 5.14. The van der Waals surface area contributed by atoms with E-state index in [4.69, 9.17) is 5.11 Å². The van der Waals surface area contributed by atoms with Crippen LogP contribution in [0.4, 0.5) is 0 Å². The molecule has 0 aliphatic carbocycles. The summed E-state index contributed by atoms with van der Waals surface area (Å²) in [6.45, 7) is 3.24. The first-order chi connectivity index (χ1) is 6.57. The summed E-state index contributed by atoms with van der Waals surface area (Å²) in [7, 11) is 3.66. The fourth-order valence-electron chi connectivity index (χ4n) is 1.11. The molecule has 4 heteroatoms. The lowest BCUT2D eigenvalue weighted by molar-refractivity contribution is -0.130. The molecule has 1 amide bonds. The van der Waals surface area contributed by atoms with Gasteiger partial charge in [-0.2, -0.15) is 0 Å². The standard InChI is InChI=1S/C10H22N2O2/c1-9(13)6-8-12(3)10(14)5-4-7-11-2/h9,11,13H,4-8H2,1-3H3. The van der Waals surface area contributed by atoms with Crippen LogP contribution in [0.25, 0.3) is 0 Å². The molecule has 0 fully saturated rings. The summed E-state index contributed by atoms with van der Waals surface area (Å²) in [4.78, 5) is 13.1. The lowest BCUT2D eigenvalue weighted by Crippen LogP contribution is -2.29. The van der Waals surface area contributed by atoms with E-state index in [0.717, 1.165) is 13.0 Å². The van der Waals surface area contributed by atoms with E-state index in [2.05, 4.69) is 5.32 Å². The second-order valence-electron chi connectivity index (χ2n) is 3.66. The van der Waals surface area contributed by atoms with Crippen LogP contribution in [-0.2, 0) is 4.79 Å². The summed E-state index contributed by atoms with van der Waals surface area (Å²) >= 11 is 0. The van der Waals surface area contributed by atoms with E-state index in [-0.39, 0.29) is 12.0 Å². The quantitative estimate of drug-likeness (QED) is 0.580. The van der Waals surface area contributed by atoms with Gasteiger partial charge in [0.05, 0.1) is 6.10 Å². The maximum Gasteiger partial charge on any atom is 0.222 e. The van der Waals surface area contributed by atoms with Crippen LogP contribution in [0.3, 0.4) is 0 Å². The fourth-order valence-corrected chi connectivity index (χ4v) is 1.11. The average Bonchev–Trinajstić information content (AvgIpc) is 2.14. The number of hydrogen-bond acceptors (Lipinski definition) is 3. The molecule has 0 aromatic rings. The Morgan fingerprint density at radius 3 is 2.71 bits per heavy atom. The topological polar surface area (TPSA) is 52.6 Å². The lowest BCUT2D eigenvalue weighted by Gasteiger charge is -2.17. The first-order valence-corrected chi connectivity index (χ1v) is 5.14. The predicted octanol–water partition coefficient (Wildman–Crippen LogP) is 0.215. The number of hydrogen-bond donors (Lipinski definition) is 2. The Bertz CT molecular complexity index is 160. The van der Waals surface area contributed by atoms with E-state index in [1.165, 1.54) is 0 Å². The van der Waals surface area contributed by atoms with Crippen LogP contribution in [0.5, 0.6) is 0 Å². The van der Waals surface area contributed by atoms with Gasteiger partial charge in [-0.15, -0.1) is 0 Å². The zero-order valence-corrected chi connectivity index (χ0v) is 9.42. The minimum atomic E-state index is -0.331. The van der Waals surface area contributed by atoms with E-state index in [1.54, 1.807) is 18.9 Å². The molecule has 2 N–H and O–H groups in total. The van der Waals surface area contributed by atoms with Crippen LogP contribution < -0.4 is 5.32 Å². The van der Waals surface area contributed by atoms with Crippen molar-refractivity contribution in [2.45, 2.75) is 32.3 Å². The van der Waals surface area contributed by atoms with Crippen molar-refractivity contribution in [2.75, 3.05) is 27.2 Å². The van der Waals surface area contributed by atoms with Crippen molar-refractivity contribution >= 4 is 5.91 Å². The van der Waals surface area contributed by atoms with Gasteiger partial charge >= 0.3 is 0 Å². The van der Waals surface area contributed by atoms with Crippen LogP contribution in [0.15, 0.2) is 0 Å². The fraction of sp³-hybridized carbons (Fsp3) is 0.900. The Morgan fingerprint density at radius 2 is 2.21 bits per heavy atom. The molecule has 0 heterocycles. The van der Waals surface area contributed by atoms with Crippen LogP contribution in [-0.4, -0.2) is 49.2 Å². The maximum absolute atomic E-state index is 11.4. The molecule has 1 unspecified atom stereocenters. The molecular weight excluding hydrogens is 180 g/mol. The molecule has 0 rings (SSSR count). The number of nitrogens with one attached hydrogen (secondary N) is 1. The molecule has 1 atom stereocenters. The Morgan fingerprint density at radius 1 is 1.57 bits per heavy atom. The van der Waals surface area contributed by atoms with Crippen LogP contribution in [0.2, 0.25) is 0 Å². The normalized spacial score (nSPS) is 12.6. The second-order valence-corrected chi connectivity index (χ2v) is 3.66. The smallest absolute Gasteiger partial charge is 0.222 e. The number of carbonyl (C=O) groups excluding carboxylic acids is 1. The Labute approximate surface area is 86.3 Å². The van der Waals surface area contributed by atoms with Crippen molar-refractivity contribution in [3.05, 3.63) is 0 Å². The number of amides is 1. The Hall–Kier alpha value is -0.610. The van der Waals surface area contributed by atoms with Crippen LogP contribution in [0.1, 0.15) is 26.2 Å². The van der Waals surface area contributed by atoms with Gasteiger partial charge in [0.25, 0.3) is 0 Å². The molecule has 0 aromatic heterocycles. The molecule has 4 nitrogen and oxygen atoms in total. The van der Waals surface area contributed by atoms with E-state index in [9.17, 15) is 4.79 Å². The summed E-state index contributed by atoms with van der Waals surface area (Å²) in [6.07, 6.45) is 1.77. The molecule has 0 aromatic carbocycles. The summed E-state index contributed by atoms with van der Waals surface area (Å²) in [5.74, 6) is 0.154. The summed E-state index contributed by atoms with van der Waals surface area (Å²) in [6, 6.07) is 0. The highest BCUT2D eigenvalue weighted by atomic mass is 16.3. The first kappa shape index (κ1) is 13.4. The van der Waals surface area contributed by atoms with Crippen molar-refractivity contribution in [3.8, 4) is 0 Å². The SMILES string of the molecule is CNCCCC(=O)N(C)CCC(C)O. The van der Waals surface area contributed by atoms with Crippen LogP contribution >= 0.6 is 0 Å². The van der Waals surface area contributed by atoms with Gasteiger partial charge in [-0.1, -0.05) is 0 Å². The zero-order valence-electron chi connectivity index (χ0n) is 9.42. The molecule has 0 spiro atoms. The highest BCUT2D eigenvalue weighted by Crippen LogP contribution is 1.98. The van der Waals surface area contributed by atoms with Crippen molar-refractivity contribution in [2.24, 2.45) is 0 Å². The van der Waals surface area contributed by atoms with Gasteiger partial charge in [-0.05, 0) is 33.4 Å². The molecule has 84 valence electrons. The number of carbonyl (C=O) groups is 1. The van der Waals surface area contributed by atoms with E-state index < -0.39 is 0 Å². The number of aliphatic hydroxyl groups excluding tert-OH is 1. The van der Waals surface area contributed by atoms with Gasteiger partial charge in [0, 0.05) is 20.0 Å². The van der Waals surface area contributed by atoms with Crippen molar-refractivity contribution in [1.82, 2.24) is 10.2 Å². The summed E-state index contributed by atoms with van der Waals surface area (Å²) in [5, 5.41) is 12.1. The Balaban J connectivity index is 3.54. The third kappa shape index (κ3) is 6.86. The van der Waals surface area contributed by atoms with E-state index in [1.807, 2.05) is 7.05 Å². The van der Waals surface area contributed by atoms with Crippen LogP contribution in [0, 0.1) is 0 Å². The van der Waals surface area contributed by atoms with Crippen molar-refractivity contribution < 1.29 is 9.90 Å². The highest BCUT2D eigenvalue weighted by molar-refractivity contribution is 5.75. The molecule has 0 saturated carbocycles. The maximum atomic E-state index is 11.4. The molecule has 14 heavy (non-hydrogen) atoms. The van der Waals surface area contributed by atoms with Gasteiger partial charge < -0.3 is 15.3 Å². The lowest BCUT2D eigenvalue weighted by atomic mass is 10.2. The molecule has 0 radical (unpaired) electrons. The van der Waals surface area contributed by atoms with Gasteiger partial charge in [0.2, 0.25) is 5.91 Å². The van der Waals surface area contributed by atoms with E-state index >= 15 is 0 Å².